The number of hydrogen-bond acceptors (Lipinski definition) is 1. The maximum Gasteiger partial charge on any atom is 0.0359 e. The lowest BCUT2D eigenvalue weighted by atomic mass is 9.92. The lowest BCUT2D eigenvalue weighted by Gasteiger charge is -2.33. The van der Waals surface area contributed by atoms with Gasteiger partial charge in [-0.05, 0) is 37.2 Å². The van der Waals surface area contributed by atoms with Gasteiger partial charge in [0.25, 0.3) is 0 Å². The molecule has 0 bridgehead atoms. The van der Waals surface area contributed by atoms with Crippen molar-refractivity contribution in [3.05, 3.63) is 35.1 Å². The highest BCUT2D eigenvalue weighted by molar-refractivity contribution is 5.26. The average Bonchev–Trinajstić information content (AvgIpc) is 2.39. The molecular formula is C17H27N. The molecule has 0 saturated carbocycles. The van der Waals surface area contributed by atoms with Crippen LogP contribution in [0.25, 0.3) is 0 Å². The van der Waals surface area contributed by atoms with Crippen LogP contribution in [0.5, 0.6) is 0 Å². The molecule has 0 spiro atoms. The van der Waals surface area contributed by atoms with E-state index in [1.54, 1.807) is 16.8 Å². The van der Waals surface area contributed by atoms with Crippen molar-refractivity contribution in [3.8, 4) is 0 Å². The molecule has 0 saturated heterocycles. The molecule has 0 aromatic rings. The number of rotatable bonds is 3. The average molecular weight is 245 g/mol. The van der Waals surface area contributed by atoms with Gasteiger partial charge in [0.2, 0.25) is 0 Å². The maximum atomic E-state index is 2.56. The fraction of sp³-hybridized carbons (Fsp3) is 0.647. The number of hydrogen-bond donors (Lipinski definition) is 0. The van der Waals surface area contributed by atoms with Gasteiger partial charge in [-0.3, -0.25) is 0 Å². The first-order valence-corrected chi connectivity index (χ1v) is 7.41. The van der Waals surface area contributed by atoms with Crippen molar-refractivity contribution in [3.63, 3.8) is 0 Å². The summed E-state index contributed by atoms with van der Waals surface area (Å²) in [7, 11) is 0. The van der Waals surface area contributed by atoms with Crippen LogP contribution in [0.2, 0.25) is 0 Å². The molecule has 100 valence electrons. The fourth-order valence-corrected chi connectivity index (χ4v) is 2.86. The molecule has 0 fully saturated rings. The second-order valence-electron chi connectivity index (χ2n) is 6.18. The lowest BCUT2D eigenvalue weighted by molar-refractivity contribution is 0.344. The Kier molecular flexibility index (Phi) is 4.31. The Balaban J connectivity index is 1.99. The van der Waals surface area contributed by atoms with Crippen LogP contribution in [0.3, 0.4) is 0 Å². The summed E-state index contributed by atoms with van der Waals surface area (Å²) in [5.74, 6) is 1.43. The van der Waals surface area contributed by atoms with Crippen LogP contribution >= 0.6 is 0 Å². The third-order valence-electron chi connectivity index (χ3n) is 4.29. The van der Waals surface area contributed by atoms with Gasteiger partial charge >= 0.3 is 0 Å². The Morgan fingerprint density at radius 3 is 2.06 bits per heavy atom. The summed E-state index contributed by atoms with van der Waals surface area (Å²) in [5.41, 5.74) is 4.79. The van der Waals surface area contributed by atoms with Gasteiger partial charge in [0.15, 0.2) is 0 Å². The standard InChI is InChI=1S/C17H27N/c1-13(2)15-5-7-17(8-6-15)18-11-9-16(10-12-18)14(3)4/h5,7,9,13-14H,6,8,10-12H2,1-4H3. The van der Waals surface area contributed by atoms with Crippen LogP contribution in [0.1, 0.15) is 47.0 Å². The molecule has 0 aromatic heterocycles. The Labute approximate surface area is 112 Å². The molecule has 0 atom stereocenters. The van der Waals surface area contributed by atoms with Gasteiger partial charge in [0, 0.05) is 18.8 Å². The van der Waals surface area contributed by atoms with Crippen LogP contribution in [0.15, 0.2) is 35.1 Å². The molecule has 0 N–H and O–H groups in total. The van der Waals surface area contributed by atoms with Crippen molar-refractivity contribution >= 4 is 0 Å². The van der Waals surface area contributed by atoms with Crippen molar-refractivity contribution in [2.75, 3.05) is 13.1 Å². The Morgan fingerprint density at radius 1 is 0.889 bits per heavy atom. The largest absolute Gasteiger partial charge is 0.371 e. The topological polar surface area (TPSA) is 3.24 Å². The first kappa shape index (κ1) is 13.5. The van der Waals surface area contributed by atoms with E-state index in [0.29, 0.717) is 5.92 Å². The zero-order valence-corrected chi connectivity index (χ0v) is 12.4. The van der Waals surface area contributed by atoms with Crippen LogP contribution in [0.4, 0.5) is 0 Å². The maximum absolute atomic E-state index is 2.56. The first-order valence-electron chi connectivity index (χ1n) is 7.41. The van der Waals surface area contributed by atoms with E-state index in [-0.39, 0.29) is 0 Å². The van der Waals surface area contributed by atoms with E-state index in [1.165, 1.54) is 25.8 Å². The molecule has 0 unspecified atom stereocenters. The minimum atomic E-state index is 0.705. The van der Waals surface area contributed by atoms with Gasteiger partial charge in [-0.1, -0.05) is 51.0 Å². The second kappa shape index (κ2) is 5.77. The van der Waals surface area contributed by atoms with E-state index in [1.807, 2.05) is 0 Å². The van der Waals surface area contributed by atoms with E-state index in [0.717, 1.165) is 12.5 Å². The number of allylic oxidation sites excluding steroid dienone is 4. The summed E-state index contributed by atoms with van der Waals surface area (Å²) in [6.45, 7) is 11.5. The molecular weight excluding hydrogens is 218 g/mol. The van der Waals surface area contributed by atoms with Crippen LogP contribution in [-0.2, 0) is 0 Å². The third kappa shape index (κ3) is 3.07. The highest BCUT2D eigenvalue weighted by atomic mass is 15.1. The first-order chi connectivity index (χ1) is 8.58. The van der Waals surface area contributed by atoms with Gasteiger partial charge < -0.3 is 4.90 Å². The van der Waals surface area contributed by atoms with Crippen LogP contribution in [-0.4, -0.2) is 18.0 Å². The Morgan fingerprint density at radius 2 is 1.61 bits per heavy atom. The summed E-state index contributed by atoms with van der Waals surface area (Å²) >= 11 is 0. The molecule has 0 aromatic carbocycles. The van der Waals surface area contributed by atoms with Crippen molar-refractivity contribution in [2.45, 2.75) is 47.0 Å². The smallest absolute Gasteiger partial charge is 0.0359 e. The van der Waals surface area contributed by atoms with Gasteiger partial charge in [0.05, 0.1) is 0 Å². The van der Waals surface area contributed by atoms with E-state index in [2.05, 4.69) is 50.8 Å². The van der Waals surface area contributed by atoms with E-state index >= 15 is 0 Å². The Hall–Kier alpha value is -0.980. The highest BCUT2D eigenvalue weighted by Gasteiger charge is 2.18. The minimum Gasteiger partial charge on any atom is -0.371 e. The zero-order chi connectivity index (χ0) is 13.1. The molecule has 2 rings (SSSR count). The second-order valence-corrected chi connectivity index (χ2v) is 6.18. The van der Waals surface area contributed by atoms with Crippen molar-refractivity contribution < 1.29 is 0 Å². The van der Waals surface area contributed by atoms with E-state index < -0.39 is 0 Å². The molecule has 2 aliphatic rings. The third-order valence-corrected chi connectivity index (χ3v) is 4.29. The lowest BCUT2D eigenvalue weighted by Crippen LogP contribution is -2.29. The molecule has 1 heteroatoms. The minimum absolute atomic E-state index is 0.705. The summed E-state index contributed by atoms with van der Waals surface area (Å²) in [4.78, 5) is 2.56. The fourth-order valence-electron chi connectivity index (χ4n) is 2.86. The molecule has 0 amide bonds. The van der Waals surface area contributed by atoms with Crippen molar-refractivity contribution in [1.82, 2.24) is 4.90 Å². The monoisotopic (exact) mass is 245 g/mol. The van der Waals surface area contributed by atoms with Gasteiger partial charge in [-0.15, -0.1) is 0 Å². The highest BCUT2D eigenvalue weighted by Crippen LogP contribution is 2.28. The summed E-state index contributed by atoms with van der Waals surface area (Å²) in [6, 6.07) is 0. The summed E-state index contributed by atoms with van der Waals surface area (Å²) < 4.78 is 0. The van der Waals surface area contributed by atoms with E-state index in [4.69, 9.17) is 0 Å². The molecule has 1 heterocycles. The van der Waals surface area contributed by atoms with Crippen molar-refractivity contribution in [1.29, 1.82) is 0 Å². The van der Waals surface area contributed by atoms with Gasteiger partial charge in [-0.2, -0.15) is 0 Å². The zero-order valence-electron chi connectivity index (χ0n) is 12.4. The quantitative estimate of drug-likeness (QED) is 0.660. The predicted molar refractivity (Wildman–Crippen MR) is 79.3 cm³/mol. The van der Waals surface area contributed by atoms with Crippen LogP contribution in [0, 0.1) is 11.8 Å². The number of nitrogens with zero attached hydrogens (tertiary/aromatic N) is 1. The summed E-state index contributed by atoms with van der Waals surface area (Å²) in [6.07, 6.45) is 10.9. The van der Waals surface area contributed by atoms with Crippen LogP contribution < -0.4 is 0 Å². The SMILES string of the molecule is CC(C)C1=CC=C(N2CC=C(C(C)C)CC2)CC1. The normalized spacial score (nSPS) is 21.0. The van der Waals surface area contributed by atoms with E-state index in [9.17, 15) is 0 Å². The molecule has 1 aliphatic heterocycles. The molecule has 18 heavy (non-hydrogen) atoms. The Bertz CT molecular complexity index is 382. The van der Waals surface area contributed by atoms with Crippen molar-refractivity contribution in [2.24, 2.45) is 11.8 Å². The van der Waals surface area contributed by atoms with Gasteiger partial charge in [0.1, 0.15) is 0 Å². The molecule has 0 radical (unpaired) electrons. The summed E-state index contributed by atoms with van der Waals surface area (Å²) in [5, 5.41) is 0. The molecule has 1 aliphatic carbocycles. The van der Waals surface area contributed by atoms with Gasteiger partial charge in [-0.25, -0.2) is 0 Å². The molecule has 1 nitrogen and oxygen atoms in total. The predicted octanol–water partition coefficient (Wildman–Crippen LogP) is 4.53.